The van der Waals surface area contributed by atoms with E-state index in [1.54, 1.807) is 7.11 Å². The van der Waals surface area contributed by atoms with E-state index in [1.807, 2.05) is 62.4 Å². The zero-order valence-electron chi connectivity index (χ0n) is 14.7. The lowest BCUT2D eigenvalue weighted by molar-refractivity contribution is -0.120. The van der Waals surface area contributed by atoms with E-state index < -0.39 is 5.41 Å². The number of carbonyl (C=O) groups is 1. The number of amides is 1. The predicted molar refractivity (Wildman–Crippen MR) is 103 cm³/mol. The van der Waals surface area contributed by atoms with E-state index in [2.05, 4.69) is 5.32 Å². The van der Waals surface area contributed by atoms with Gasteiger partial charge < -0.3 is 20.5 Å². The highest BCUT2D eigenvalue weighted by atomic mass is 35.5. The summed E-state index contributed by atoms with van der Waals surface area (Å²) in [6.07, 6.45) is 0. The Kier molecular flexibility index (Phi) is 7.74. The predicted octanol–water partition coefficient (Wildman–Crippen LogP) is 3.37. The van der Waals surface area contributed by atoms with Crippen molar-refractivity contribution < 1.29 is 14.3 Å². The van der Waals surface area contributed by atoms with Crippen LogP contribution >= 0.6 is 12.4 Å². The van der Waals surface area contributed by atoms with Crippen LogP contribution in [0.3, 0.4) is 0 Å². The Morgan fingerprint density at radius 1 is 1.04 bits per heavy atom. The molecule has 25 heavy (non-hydrogen) atoms. The molecule has 0 unspecified atom stereocenters. The van der Waals surface area contributed by atoms with Crippen LogP contribution in [0.1, 0.15) is 19.4 Å². The van der Waals surface area contributed by atoms with Crippen molar-refractivity contribution in [1.82, 2.24) is 0 Å². The molecule has 0 atom stereocenters. The van der Waals surface area contributed by atoms with Crippen molar-refractivity contribution in [2.45, 2.75) is 19.3 Å². The quantitative estimate of drug-likeness (QED) is 0.790. The second kappa shape index (κ2) is 9.30. The summed E-state index contributed by atoms with van der Waals surface area (Å²) < 4.78 is 10.6. The smallest absolute Gasteiger partial charge is 0.234 e. The van der Waals surface area contributed by atoms with E-state index in [4.69, 9.17) is 15.2 Å². The van der Waals surface area contributed by atoms with E-state index in [0.29, 0.717) is 13.2 Å². The van der Waals surface area contributed by atoms with Gasteiger partial charge in [-0.15, -0.1) is 12.4 Å². The van der Waals surface area contributed by atoms with Crippen molar-refractivity contribution >= 4 is 24.0 Å². The van der Waals surface area contributed by atoms with E-state index in [0.717, 1.165) is 22.7 Å². The number of anilines is 1. The minimum atomic E-state index is -0.666. The molecule has 2 aromatic carbocycles. The van der Waals surface area contributed by atoms with E-state index in [9.17, 15) is 4.79 Å². The van der Waals surface area contributed by atoms with Crippen LogP contribution in [-0.4, -0.2) is 26.2 Å². The maximum Gasteiger partial charge on any atom is 0.234 e. The van der Waals surface area contributed by atoms with Crippen LogP contribution in [0, 0.1) is 0 Å². The van der Waals surface area contributed by atoms with E-state index >= 15 is 0 Å². The summed E-state index contributed by atoms with van der Waals surface area (Å²) in [5.41, 5.74) is 6.38. The van der Waals surface area contributed by atoms with Gasteiger partial charge in [0.25, 0.3) is 0 Å². The summed E-state index contributed by atoms with van der Waals surface area (Å²) in [6, 6.07) is 14.8. The van der Waals surface area contributed by atoms with Gasteiger partial charge in [-0.1, -0.05) is 12.1 Å². The van der Waals surface area contributed by atoms with Crippen molar-refractivity contribution in [1.29, 1.82) is 0 Å². The van der Waals surface area contributed by atoms with Gasteiger partial charge in [-0.05, 0) is 55.8 Å². The lowest BCUT2D eigenvalue weighted by Gasteiger charge is -2.24. The molecule has 2 rings (SSSR count). The number of benzene rings is 2. The maximum atomic E-state index is 12.7. The van der Waals surface area contributed by atoms with E-state index in [1.165, 1.54) is 0 Å². The third-order valence-electron chi connectivity index (χ3n) is 3.88. The van der Waals surface area contributed by atoms with Crippen LogP contribution in [0.2, 0.25) is 0 Å². The third-order valence-corrected chi connectivity index (χ3v) is 3.88. The average molecular weight is 365 g/mol. The molecule has 0 aliphatic rings. The molecule has 0 heterocycles. The second-order valence-corrected chi connectivity index (χ2v) is 5.97. The first-order chi connectivity index (χ1) is 11.5. The number of hydrogen-bond acceptors (Lipinski definition) is 4. The molecule has 0 bridgehead atoms. The Balaban J connectivity index is 0.00000312. The molecule has 1 amide bonds. The average Bonchev–Trinajstić information content (AvgIpc) is 2.61. The molecule has 0 spiro atoms. The van der Waals surface area contributed by atoms with Gasteiger partial charge in [0.2, 0.25) is 5.91 Å². The Labute approximate surface area is 154 Å². The fraction of sp³-hybridized carbons (Fsp3) is 0.316. The Morgan fingerprint density at radius 2 is 1.60 bits per heavy atom. The lowest BCUT2D eigenvalue weighted by atomic mass is 9.83. The summed E-state index contributed by atoms with van der Waals surface area (Å²) in [5.74, 6) is 1.42. The molecule has 0 aromatic heterocycles. The molecule has 0 fully saturated rings. The minimum Gasteiger partial charge on any atom is -0.497 e. The summed E-state index contributed by atoms with van der Waals surface area (Å²) in [6.45, 7) is 4.72. The van der Waals surface area contributed by atoms with Gasteiger partial charge >= 0.3 is 0 Å². The van der Waals surface area contributed by atoms with E-state index in [-0.39, 0.29) is 18.3 Å². The SMILES string of the molecule is COc1ccc(C(C)(C)C(=O)Nc2ccc(OCCN)cc2)cc1.Cl. The van der Waals surface area contributed by atoms with Gasteiger partial charge in [-0.2, -0.15) is 0 Å². The largest absolute Gasteiger partial charge is 0.497 e. The standard InChI is InChI=1S/C19H24N2O3.ClH/c1-19(2,14-4-8-16(23-3)9-5-14)18(22)21-15-6-10-17(11-7-15)24-13-12-20;/h4-11H,12-13,20H2,1-3H3,(H,21,22);1H. The second-order valence-electron chi connectivity index (χ2n) is 5.97. The Bertz CT molecular complexity index is 670. The normalized spacial score (nSPS) is 10.6. The van der Waals surface area contributed by atoms with Crippen LogP contribution in [-0.2, 0) is 10.2 Å². The number of ether oxygens (including phenoxy) is 2. The number of carbonyl (C=O) groups excluding carboxylic acids is 1. The third kappa shape index (κ3) is 5.37. The highest BCUT2D eigenvalue weighted by Gasteiger charge is 2.29. The van der Waals surface area contributed by atoms with Crippen LogP contribution < -0.4 is 20.5 Å². The molecule has 5 nitrogen and oxygen atoms in total. The number of nitrogens with two attached hydrogens (primary N) is 1. The number of nitrogens with one attached hydrogen (secondary N) is 1. The van der Waals surface area contributed by atoms with Gasteiger partial charge in [-0.25, -0.2) is 0 Å². The van der Waals surface area contributed by atoms with Crippen LogP contribution in [0.15, 0.2) is 48.5 Å². The highest BCUT2D eigenvalue weighted by molar-refractivity contribution is 5.98. The van der Waals surface area contributed by atoms with Crippen molar-refractivity contribution in [3.05, 3.63) is 54.1 Å². The molecule has 0 saturated carbocycles. The molecule has 0 radical (unpaired) electrons. The van der Waals surface area contributed by atoms with Gasteiger partial charge in [0, 0.05) is 12.2 Å². The van der Waals surface area contributed by atoms with Gasteiger partial charge in [0.15, 0.2) is 0 Å². The number of rotatable bonds is 7. The van der Waals surface area contributed by atoms with Gasteiger partial charge in [0.05, 0.1) is 12.5 Å². The van der Waals surface area contributed by atoms with Gasteiger partial charge in [-0.3, -0.25) is 4.79 Å². The molecular weight excluding hydrogens is 340 g/mol. The van der Waals surface area contributed by atoms with Crippen LogP contribution in [0.25, 0.3) is 0 Å². The minimum absolute atomic E-state index is 0. The number of halogens is 1. The summed E-state index contributed by atoms with van der Waals surface area (Å²) in [4.78, 5) is 12.7. The molecular formula is C19H25ClN2O3. The Morgan fingerprint density at radius 3 is 2.12 bits per heavy atom. The fourth-order valence-electron chi connectivity index (χ4n) is 2.24. The first-order valence-corrected chi connectivity index (χ1v) is 7.86. The van der Waals surface area contributed by atoms with Crippen LogP contribution in [0.5, 0.6) is 11.5 Å². The van der Waals surface area contributed by atoms with Crippen molar-refractivity contribution in [3.63, 3.8) is 0 Å². The zero-order valence-corrected chi connectivity index (χ0v) is 15.6. The molecule has 3 N–H and O–H groups in total. The number of methoxy groups -OCH3 is 1. The summed E-state index contributed by atoms with van der Waals surface area (Å²) >= 11 is 0. The fourth-order valence-corrected chi connectivity index (χ4v) is 2.24. The van der Waals surface area contributed by atoms with Crippen LogP contribution in [0.4, 0.5) is 5.69 Å². The van der Waals surface area contributed by atoms with Gasteiger partial charge in [0.1, 0.15) is 18.1 Å². The molecule has 0 saturated heterocycles. The topological polar surface area (TPSA) is 73.6 Å². The lowest BCUT2D eigenvalue weighted by Crippen LogP contribution is -2.34. The first-order valence-electron chi connectivity index (χ1n) is 7.86. The molecule has 136 valence electrons. The monoisotopic (exact) mass is 364 g/mol. The zero-order chi connectivity index (χ0) is 17.6. The Hall–Kier alpha value is -2.24. The summed E-state index contributed by atoms with van der Waals surface area (Å²) in [5, 5.41) is 2.94. The van der Waals surface area contributed by atoms with Crippen molar-refractivity contribution in [2.24, 2.45) is 5.73 Å². The number of hydrogen-bond donors (Lipinski definition) is 2. The van der Waals surface area contributed by atoms with Crippen molar-refractivity contribution in [3.8, 4) is 11.5 Å². The first kappa shape index (κ1) is 20.8. The molecule has 0 aliphatic heterocycles. The highest BCUT2D eigenvalue weighted by Crippen LogP contribution is 2.27. The van der Waals surface area contributed by atoms with Crippen molar-refractivity contribution in [2.75, 3.05) is 25.6 Å². The molecule has 2 aromatic rings. The summed E-state index contributed by atoms with van der Waals surface area (Å²) in [7, 11) is 1.62. The molecule has 6 heteroatoms. The maximum absolute atomic E-state index is 12.7. The molecule has 0 aliphatic carbocycles.